The van der Waals surface area contributed by atoms with E-state index in [1.54, 1.807) is 23.6 Å². The molecular formula is C21H13F3N4O3S. The maximum Gasteiger partial charge on any atom is 0.417 e. The number of halogens is 3. The molecule has 0 N–H and O–H groups in total. The van der Waals surface area contributed by atoms with Crippen LogP contribution in [-0.4, -0.2) is 15.8 Å². The SMILES string of the molecule is O=[N+]([O-])c1ccccc1N=c1scc(-c2ccco2)n1/N=C/c1ccccc1C(F)(F)F. The van der Waals surface area contributed by atoms with Crippen LogP contribution in [0.5, 0.6) is 0 Å². The number of benzene rings is 2. The number of hydrogen-bond acceptors (Lipinski definition) is 6. The van der Waals surface area contributed by atoms with E-state index in [4.69, 9.17) is 4.42 Å². The summed E-state index contributed by atoms with van der Waals surface area (Å²) in [5, 5.41) is 17.2. The monoisotopic (exact) mass is 458 g/mol. The molecule has 0 bridgehead atoms. The van der Waals surface area contributed by atoms with E-state index < -0.39 is 16.7 Å². The fourth-order valence-electron chi connectivity index (χ4n) is 2.89. The van der Waals surface area contributed by atoms with Crippen LogP contribution < -0.4 is 4.80 Å². The third kappa shape index (κ3) is 4.37. The summed E-state index contributed by atoms with van der Waals surface area (Å²) < 4.78 is 46.7. The van der Waals surface area contributed by atoms with E-state index in [-0.39, 0.29) is 21.7 Å². The molecule has 0 spiro atoms. The molecule has 2 aromatic carbocycles. The second kappa shape index (κ2) is 8.63. The Bertz CT molecular complexity index is 1360. The number of furan rings is 1. The first kappa shape index (κ1) is 21.2. The molecule has 4 rings (SSSR count). The Labute approximate surface area is 182 Å². The average Bonchev–Trinajstić information content (AvgIpc) is 3.42. The van der Waals surface area contributed by atoms with Gasteiger partial charge in [-0.1, -0.05) is 30.3 Å². The first-order chi connectivity index (χ1) is 15.3. The van der Waals surface area contributed by atoms with E-state index in [2.05, 4.69) is 10.1 Å². The highest BCUT2D eigenvalue weighted by molar-refractivity contribution is 7.07. The van der Waals surface area contributed by atoms with E-state index >= 15 is 0 Å². The number of para-hydroxylation sites is 2. The molecular weight excluding hydrogens is 445 g/mol. The van der Waals surface area contributed by atoms with Crippen molar-refractivity contribution in [2.45, 2.75) is 6.18 Å². The molecule has 0 aliphatic rings. The minimum atomic E-state index is -4.55. The van der Waals surface area contributed by atoms with Gasteiger partial charge >= 0.3 is 6.18 Å². The van der Waals surface area contributed by atoms with Crippen LogP contribution in [0.2, 0.25) is 0 Å². The lowest BCUT2D eigenvalue weighted by Gasteiger charge is -2.09. The molecule has 0 unspecified atom stereocenters. The largest absolute Gasteiger partial charge is 0.463 e. The summed E-state index contributed by atoms with van der Waals surface area (Å²) in [7, 11) is 0. The standard InChI is InChI=1S/C21H13F3N4O3S/c22-21(23,24)15-7-2-1-6-14(15)12-25-27-18(19-10-5-11-31-19)13-32-20(27)26-16-8-3-4-9-17(16)28(29)30/h1-13H/b25-12+,26-20?. The van der Waals surface area contributed by atoms with Gasteiger partial charge in [0.15, 0.2) is 5.76 Å². The van der Waals surface area contributed by atoms with Gasteiger partial charge in [-0.05, 0) is 24.3 Å². The molecule has 162 valence electrons. The topological polar surface area (TPSA) is 85.9 Å². The summed E-state index contributed by atoms with van der Waals surface area (Å²) in [6, 6.07) is 14.2. The molecule has 0 saturated carbocycles. The van der Waals surface area contributed by atoms with Gasteiger partial charge in [-0.25, -0.2) is 9.67 Å². The van der Waals surface area contributed by atoms with E-state index in [9.17, 15) is 23.3 Å². The van der Waals surface area contributed by atoms with Gasteiger partial charge < -0.3 is 4.42 Å². The lowest BCUT2D eigenvalue weighted by atomic mass is 10.1. The van der Waals surface area contributed by atoms with Crippen molar-refractivity contribution in [1.29, 1.82) is 0 Å². The molecule has 2 aromatic heterocycles. The molecule has 7 nitrogen and oxygen atoms in total. The van der Waals surface area contributed by atoms with Crippen molar-refractivity contribution in [2.75, 3.05) is 0 Å². The van der Waals surface area contributed by atoms with Gasteiger partial charge in [-0.2, -0.15) is 18.3 Å². The van der Waals surface area contributed by atoms with Crippen LogP contribution in [0.25, 0.3) is 11.5 Å². The van der Waals surface area contributed by atoms with Gasteiger partial charge in [0.2, 0.25) is 4.80 Å². The van der Waals surface area contributed by atoms with Gasteiger partial charge in [-0.15, -0.1) is 11.3 Å². The Balaban J connectivity index is 1.88. The summed E-state index contributed by atoms with van der Waals surface area (Å²) in [5.41, 5.74) is -0.668. The van der Waals surface area contributed by atoms with Crippen molar-refractivity contribution < 1.29 is 22.5 Å². The number of hydrogen-bond donors (Lipinski definition) is 0. The van der Waals surface area contributed by atoms with Crippen LogP contribution in [0.1, 0.15) is 11.1 Å². The summed E-state index contributed by atoms with van der Waals surface area (Å²) in [5.74, 6) is 0.409. The number of nitro groups is 1. The van der Waals surface area contributed by atoms with Crippen molar-refractivity contribution in [2.24, 2.45) is 10.1 Å². The van der Waals surface area contributed by atoms with Crippen LogP contribution in [0.3, 0.4) is 0 Å². The predicted octanol–water partition coefficient (Wildman–Crippen LogP) is 5.85. The highest BCUT2D eigenvalue weighted by Crippen LogP contribution is 2.31. The van der Waals surface area contributed by atoms with Crippen LogP contribution in [0.4, 0.5) is 24.5 Å². The fraction of sp³-hybridized carbons (Fsp3) is 0.0476. The van der Waals surface area contributed by atoms with E-state index in [0.717, 1.165) is 23.6 Å². The van der Waals surface area contributed by atoms with Gasteiger partial charge in [0.25, 0.3) is 5.69 Å². The number of nitrogens with zero attached hydrogens (tertiary/aromatic N) is 4. The molecule has 0 saturated heterocycles. The lowest BCUT2D eigenvalue weighted by molar-refractivity contribution is -0.384. The van der Waals surface area contributed by atoms with Crippen LogP contribution in [0, 0.1) is 10.1 Å². The van der Waals surface area contributed by atoms with Gasteiger partial charge in [0, 0.05) is 17.0 Å². The number of alkyl halides is 3. The average molecular weight is 458 g/mol. The van der Waals surface area contributed by atoms with E-state index in [0.29, 0.717) is 11.5 Å². The van der Waals surface area contributed by atoms with Crippen molar-refractivity contribution >= 4 is 28.9 Å². The highest BCUT2D eigenvalue weighted by Gasteiger charge is 2.32. The van der Waals surface area contributed by atoms with Crippen molar-refractivity contribution in [1.82, 2.24) is 4.68 Å². The Morgan fingerprint density at radius 1 is 1.06 bits per heavy atom. The lowest BCUT2D eigenvalue weighted by Crippen LogP contribution is -2.13. The van der Waals surface area contributed by atoms with Crippen molar-refractivity contribution in [3.05, 3.63) is 98.3 Å². The maximum absolute atomic E-state index is 13.3. The zero-order chi connectivity index (χ0) is 22.7. The predicted molar refractivity (Wildman–Crippen MR) is 113 cm³/mol. The molecule has 11 heteroatoms. The summed E-state index contributed by atoms with van der Waals surface area (Å²) in [4.78, 5) is 15.3. The molecule has 0 aliphatic heterocycles. The van der Waals surface area contributed by atoms with Crippen molar-refractivity contribution in [3.63, 3.8) is 0 Å². The number of thiazole rings is 1. The van der Waals surface area contributed by atoms with Gasteiger partial charge in [0.1, 0.15) is 11.4 Å². The molecule has 0 atom stereocenters. The molecule has 32 heavy (non-hydrogen) atoms. The molecule has 2 heterocycles. The van der Waals surface area contributed by atoms with Crippen LogP contribution in [0.15, 0.2) is 86.8 Å². The minimum Gasteiger partial charge on any atom is -0.463 e. The van der Waals surface area contributed by atoms with E-state index in [1.165, 1.54) is 47.3 Å². The number of aromatic nitrogens is 1. The first-order valence-electron chi connectivity index (χ1n) is 9.08. The van der Waals surface area contributed by atoms with E-state index in [1.807, 2.05) is 0 Å². The zero-order valence-electron chi connectivity index (χ0n) is 16.1. The Morgan fingerprint density at radius 2 is 1.81 bits per heavy atom. The normalized spacial score (nSPS) is 12.5. The molecule has 4 aromatic rings. The molecule has 0 aliphatic carbocycles. The van der Waals surface area contributed by atoms with Crippen LogP contribution in [-0.2, 0) is 6.18 Å². The Hall–Kier alpha value is -3.99. The smallest absolute Gasteiger partial charge is 0.417 e. The zero-order valence-corrected chi connectivity index (χ0v) is 16.9. The Kier molecular flexibility index (Phi) is 5.73. The number of rotatable bonds is 5. The maximum atomic E-state index is 13.3. The molecule has 0 radical (unpaired) electrons. The fourth-order valence-corrected chi connectivity index (χ4v) is 3.72. The molecule has 0 fully saturated rings. The third-order valence-corrected chi connectivity index (χ3v) is 5.15. The Morgan fingerprint density at radius 3 is 2.53 bits per heavy atom. The quantitative estimate of drug-likeness (QED) is 0.214. The summed E-state index contributed by atoms with van der Waals surface area (Å²) >= 11 is 1.11. The second-order valence-electron chi connectivity index (χ2n) is 6.38. The van der Waals surface area contributed by atoms with Crippen molar-refractivity contribution in [3.8, 4) is 11.5 Å². The van der Waals surface area contributed by atoms with Crippen LogP contribution >= 0.6 is 11.3 Å². The highest BCUT2D eigenvalue weighted by atomic mass is 32.1. The summed E-state index contributed by atoms with van der Waals surface area (Å²) in [6.45, 7) is 0. The summed E-state index contributed by atoms with van der Waals surface area (Å²) in [6.07, 6.45) is -2.04. The molecule has 0 amide bonds. The van der Waals surface area contributed by atoms with Gasteiger partial charge in [0.05, 0.1) is 23.0 Å². The van der Waals surface area contributed by atoms with Gasteiger partial charge in [-0.3, -0.25) is 10.1 Å². The third-order valence-electron chi connectivity index (χ3n) is 4.33. The first-order valence-corrected chi connectivity index (χ1v) is 9.96. The minimum absolute atomic E-state index is 0.0880. The number of nitro benzene ring substituents is 1. The second-order valence-corrected chi connectivity index (χ2v) is 7.22.